The standard InChI is InChI=1S/C14H28O4/c1-4-7-8-9-10-11-12-13(5-2)16-18-17-14(15)6-3/h13H,4-12H2,1-3H3. The van der Waals surface area contributed by atoms with Crippen molar-refractivity contribution in [1.29, 1.82) is 0 Å². The fourth-order valence-corrected chi connectivity index (χ4v) is 1.64. The van der Waals surface area contributed by atoms with Crippen molar-refractivity contribution in [3.63, 3.8) is 0 Å². The minimum absolute atomic E-state index is 0.0147. The lowest BCUT2D eigenvalue weighted by Gasteiger charge is -2.12. The third-order valence-electron chi connectivity index (χ3n) is 2.93. The number of carbonyl (C=O) groups is 1. The van der Waals surface area contributed by atoms with Crippen LogP contribution in [0.2, 0.25) is 0 Å². The van der Waals surface area contributed by atoms with Crippen LogP contribution in [0.3, 0.4) is 0 Å². The smallest absolute Gasteiger partial charge is 0.269 e. The molecule has 0 spiro atoms. The highest BCUT2D eigenvalue weighted by molar-refractivity contribution is 5.68. The SMILES string of the molecule is CCCCCCCCC(CC)OOOC(=O)CC. The monoisotopic (exact) mass is 260 g/mol. The molecule has 4 nitrogen and oxygen atoms in total. The fourth-order valence-electron chi connectivity index (χ4n) is 1.64. The fraction of sp³-hybridized carbons (Fsp3) is 0.929. The van der Waals surface area contributed by atoms with E-state index in [2.05, 4.69) is 16.8 Å². The van der Waals surface area contributed by atoms with Gasteiger partial charge in [0.15, 0.2) is 0 Å². The number of carbonyl (C=O) groups excluding carboxylic acids is 1. The zero-order valence-electron chi connectivity index (χ0n) is 12.1. The van der Waals surface area contributed by atoms with Crippen LogP contribution in [-0.4, -0.2) is 12.1 Å². The van der Waals surface area contributed by atoms with E-state index in [0.29, 0.717) is 0 Å². The predicted molar refractivity (Wildman–Crippen MR) is 70.6 cm³/mol. The normalized spacial score (nSPS) is 12.4. The average Bonchev–Trinajstić information content (AvgIpc) is 2.40. The molecule has 0 aliphatic rings. The lowest BCUT2D eigenvalue weighted by Crippen LogP contribution is -2.14. The minimum Gasteiger partial charge on any atom is -0.269 e. The van der Waals surface area contributed by atoms with E-state index in [0.717, 1.165) is 19.3 Å². The highest BCUT2D eigenvalue weighted by Gasteiger charge is 2.09. The van der Waals surface area contributed by atoms with Gasteiger partial charge in [-0.1, -0.05) is 59.3 Å². The summed E-state index contributed by atoms with van der Waals surface area (Å²) in [6.07, 6.45) is 9.68. The molecule has 0 aromatic rings. The highest BCUT2D eigenvalue weighted by atomic mass is 17.5. The number of hydrogen-bond donors (Lipinski definition) is 0. The van der Waals surface area contributed by atoms with Crippen molar-refractivity contribution in [2.75, 3.05) is 0 Å². The van der Waals surface area contributed by atoms with Crippen molar-refractivity contribution in [3.05, 3.63) is 0 Å². The molecule has 0 aromatic heterocycles. The van der Waals surface area contributed by atoms with E-state index in [9.17, 15) is 4.79 Å². The molecule has 0 aromatic carbocycles. The predicted octanol–water partition coefficient (Wildman–Crippen LogP) is 4.33. The molecule has 0 radical (unpaired) electrons. The molecule has 0 amide bonds. The number of rotatable bonds is 12. The maximum absolute atomic E-state index is 10.8. The molecule has 1 atom stereocenters. The van der Waals surface area contributed by atoms with Gasteiger partial charge in [-0.05, 0) is 17.9 Å². The lowest BCUT2D eigenvalue weighted by molar-refractivity contribution is -0.502. The van der Waals surface area contributed by atoms with Gasteiger partial charge >= 0.3 is 5.97 Å². The van der Waals surface area contributed by atoms with Gasteiger partial charge in [0.25, 0.3) is 0 Å². The molecule has 1 unspecified atom stereocenters. The Bertz CT molecular complexity index is 194. The van der Waals surface area contributed by atoms with Crippen LogP contribution < -0.4 is 0 Å². The van der Waals surface area contributed by atoms with E-state index >= 15 is 0 Å². The van der Waals surface area contributed by atoms with Crippen LogP contribution in [0, 0.1) is 0 Å². The summed E-state index contributed by atoms with van der Waals surface area (Å²) < 4.78 is 0. The maximum Gasteiger partial charge on any atom is 0.345 e. The Kier molecular flexibility index (Phi) is 12.4. The quantitative estimate of drug-likeness (QED) is 0.297. The minimum atomic E-state index is -0.413. The van der Waals surface area contributed by atoms with Gasteiger partial charge in [0.05, 0.1) is 6.10 Å². The molecule has 0 saturated carbocycles. The summed E-state index contributed by atoms with van der Waals surface area (Å²) in [7, 11) is 0. The molecule has 0 aliphatic heterocycles. The van der Waals surface area contributed by atoms with Crippen LogP contribution in [0.4, 0.5) is 0 Å². The summed E-state index contributed by atoms with van der Waals surface area (Å²) in [6, 6.07) is 0. The Labute approximate surface area is 111 Å². The van der Waals surface area contributed by atoms with Crippen molar-refractivity contribution < 1.29 is 19.6 Å². The van der Waals surface area contributed by atoms with Gasteiger partial charge in [-0.2, -0.15) is 4.89 Å². The van der Waals surface area contributed by atoms with Gasteiger partial charge in [-0.3, -0.25) is 4.89 Å². The molecule has 18 heavy (non-hydrogen) atoms. The Morgan fingerprint density at radius 3 is 2.28 bits per heavy atom. The third-order valence-corrected chi connectivity index (χ3v) is 2.93. The molecule has 0 heterocycles. The third kappa shape index (κ3) is 10.5. The largest absolute Gasteiger partial charge is 0.345 e. The van der Waals surface area contributed by atoms with E-state index in [4.69, 9.17) is 4.89 Å². The van der Waals surface area contributed by atoms with Crippen molar-refractivity contribution in [2.24, 2.45) is 0 Å². The van der Waals surface area contributed by atoms with Crippen LogP contribution in [-0.2, 0) is 19.6 Å². The van der Waals surface area contributed by atoms with Crippen molar-refractivity contribution in [1.82, 2.24) is 0 Å². The van der Waals surface area contributed by atoms with Crippen LogP contribution in [0.25, 0.3) is 0 Å². The Balaban J connectivity index is 3.43. The zero-order chi connectivity index (χ0) is 13.6. The second-order valence-electron chi connectivity index (χ2n) is 4.56. The van der Waals surface area contributed by atoms with Gasteiger partial charge in [0.1, 0.15) is 0 Å². The highest BCUT2D eigenvalue weighted by Crippen LogP contribution is 2.12. The van der Waals surface area contributed by atoms with E-state index in [-0.39, 0.29) is 12.5 Å². The summed E-state index contributed by atoms with van der Waals surface area (Å²) in [6.45, 7) is 5.96. The van der Waals surface area contributed by atoms with E-state index in [1.807, 2.05) is 6.92 Å². The maximum atomic E-state index is 10.8. The van der Waals surface area contributed by atoms with Gasteiger partial charge in [-0.25, -0.2) is 4.79 Å². The molecule has 108 valence electrons. The van der Waals surface area contributed by atoms with E-state index in [1.165, 1.54) is 32.1 Å². The molecular weight excluding hydrogens is 232 g/mol. The van der Waals surface area contributed by atoms with Crippen LogP contribution in [0.1, 0.15) is 78.6 Å². The van der Waals surface area contributed by atoms with Crippen molar-refractivity contribution in [2.45, 2.75) is 84.7 Å². The number of hydrogen-bond acceptors (Lipinski definition) is 4. The summed E-state index contributed by atoms with van der Waals surface area (Å²) in [5.74, 6) is -0.413. The first kappa shape index (κ1) is 17.4. The molecule has 0 rings (SSSR count). The Morgan fingerprint density at radius 1 is 1.00 bits per heavy atom. The average molecular weight is 260 g/mol. The first-order valence-electron chi connectivity index (χ1n) is 7.27. The summed E-state index contributed by atoms with van der Waals surface area (Å²) in [4.78, 5) is 20.3. The molecule has 4 heteroatoms. The first-order chi connectivity index (χ1) is 8.74. The molecule has 0 bridgehead atoms. The summed E-state index contributed by atoms with van der Waals surface area (Å²) in [5.41, 5.74) is 0. The van der Waals surface area contributed by atoms with E-state index in [1.54, 1.807) is 6.92 Å². The van der Waals surface area contributed by atoms with E-state index < -0.39 is 5.97 Å². The second kappa shape index (κ2) is 12.8. The molecular formula is C14H28O4. The molecule has 0 saturated heterocycles. The molecule has 0 N–H and O–H groups in total. The second-order valence-corrected chi connectivity index (χ2v) is 4.56. The number of unbranched alkanes of at least 4 members (excludes halogenated alkanes) is 5. The topological polar surface area (TPSA) is 44.8 Å². The van der Waals surface area contributed by atoms with Gasteiger partial charge < -0.3 is 0 Å². The van der Waals surface area contributed by atoms with Crippen molar-refractivity contribution >= 4 is 5.97 Å². The van der Waals surface area contributed by atoms with Gasteiger partial charge in [-0.15, -0.1) is 0 Å². The molecule has 0 fully saturated rings. The zero-order valence-corrected chi connectivity index (χ0v) is 12.1. The van der Waals surface area contributed by atoms with Crippen LogP contribution in [0.5, 0.6) is 0 Å². The van der Waals surface area contributed by atoms with Gasteiger partial charge in [0.2, 0.25) is 0 Å². The Hall–Kier alpha value is -0.610. The van der Waals surface area contributed by atoms with Crippen molar-refractivity contribution in [3.8, 4) is 0 Å². The van der Waals surface area contributed by atoms with Crippen LogP contribution >= 0.6 is 0 Å². The lowest BCUT2D eigenvalue weighted by atomic mass is 10.1. The van der Waals surface area contributed by atoms with Gasteiger partial charge in [0, 0.05) is 6.42 Å². The summed E-state index contributed by atoms with van der Waals surface area (Å²) in [5, 5.41) is 4.49. The Morgan fingerprint density at radius 2 is 1.67 bits per heavy atom. The molecule has 0 aliphatic carbocycles. The first-order valence-corrected chi connectivity index (χ1v) is 7.27. The summed E-state index contributed by atoms with van der Waals surface area (Å²) >= 11 is 0. The van der Waals surface area contributed by atoms with Crippen LogP contribution in [0.15, 0.2) is 0 Å².